The Kier molecular flexibility index (Phi) is 4.90. The van der Waals surface area contributed by atoms with E-state index in [4.69, 9.17) is 9.84 Å². The molecule has 5 heteroatoms. The summed E-state index contributed by atoms with van der Waals surface area (Å²) < 4.78 is 5.20. The highest BCUT2D eigenvalue weighted by Crippen LogP contribution is 2.16. The number of carboxylic acids is 1. The Hall–Kier alpha value is -2.40. The molecule has 4 nitrogen and oxygen atoms in total. The van der Waals surface area contributed by atoms with Gasteiger partial charge in [-0.1, -0.05) is 6.07 Å². The van der Waals surface area contributed by atoms with Crippen molar-refractivity contribution in [3.8, 4) is 5.75 Å². The van der Waals surface area contributed by atoms with Gasteiger partial charge >= 0.3 is 5.97 Å². The normalized spacial score (nSPS) is 12.2. The van der Waals surface area contributed by atoms with Gasteiger partial charge in [0.15, 0.2) is 11.9 Å². The Morgan fingerprint density at radius 3 is 2.52 bits per heavy atom. The molecule has 0 fully saturated rings. The highest BCUT2D eigenvalue weighted by atomic mass is 32.1. The maximum absolute atomic E-state index is 12.0. The van der Waals surface area contributed by atoms with E-state index in [2.05, 4.69) is 0 Å². The standard InChI is InChI=1S/C16H14O4S/c1-11(16(18)19)20-13-6-4-12(5-7-13)15(17)9-8-14-3-2-10-21-14/h2-11H,1H3,(H,18,19)/b9-8+. The predicted octanol–water partition coefficient (Wildman–Crippen LogP) is 3.50. The molecular weight excluding hydrogens is 288 g/mol. The summed E-state index contributed by atoms with van der Waals surface area (Å²) in [5, 5.41) is 10.7. The van der Waals surface area contributed by atoms with Crippen molar-refractivity contribution in [2.75, 3.05) is 0 Å². The number of ether oxygens (including phenoxy) is 1. The number of carbonyl (C=O) groups excluding carboxylic acids is 1. The first-order valence-electron chi connectivity index (χ1n) is 6.31. The van der Waals surface area contributed by atoms with E-state index in [9.17, 15) is 9.59 Å². The Balaban J connectivity index is 2.01. The second kappa shape index (κ2) is 6.85. The molecule has 1 unspecified atom stereocenters. The summed E-state index contributed by atoms with van der Waals surface area (Å²) in [6.07, 6.45) is 2.36. The van der Waals surface area contributed by atoms with Crippen molar-refractivity contribution < 1.29 is 19.4 Å². The van der Waals surface area contributed by atoms with E-state index in [-0.39, 0.29) is 5.78 Å². The minimum absolute atomic E-state index is 0.110. The van der Waals surface area contributed by atoms with Gasteiger partial charge in [-0.15, -0.1) is 11.3 Å². The summed E-state index contributed by atoms with van der Waals surface area (Å²) in [7, 11) is 0. The van der Waals surface area contributed by atoms with Gasteiger partial charge in [-0.2, -0.15) is 0 Å². The number of thiophene rings is 1. The first-order valence-corrected chi connectivity index (χ1v) is 7.19. The molecule has 0 radical (unpaired) electrons. The Labute approximate surface area is 126 Å². The fourth-order valence-electron chi connectivity index (χ4n) is 1.59. The van der Waals surface area contributed by atoms with Crippen molar-refractivity contribution in [1.82, 2.24) is 0 Å². The van der Waals surface area contributed by atoms with Crippen molar-refractivity contribution in [2.24, 2.45) is 0 Å². The lowest BCUT2D eigenvalue weighted by atomic mass is 10.1. The molecule has 0 saturated heterocycles. The Morgan fingerprint density at radius 2 is 1.95 bits per heavy atom. The van der Waals surface area contributed by atoms with Crippen LogP contribution in [0.3, 0.4) is 0 Å². The molecule has 0 aliphatic carbocycles. The van der Waals surface area contributed by atoms with Crippen molar-refractivity contribution in [3.05, 3.63) is 58.3 Å². The average Bonchev–Trinajstić information content (AvgIpc) is 2.98. The van der Waals surface area contributed by atoms with E-state index in [1.807, 2.05) is 17.5 Å². The molecule has 0 saturated carbocycles. The second-order valence-corrected chi connectivity index (χ2v) is 5.31. The zero-order chi connectivity index (χ0) is 15.2. The molecule has 0 bridgehead atoms. The van der Waals surface area contributed by atoms with Crippen LogP contribution in [0.2, 0.25) is 0 Å². The Bertz CT molecular complexity index is 641. The van der Waals surface area contributed by atoms with Gasteiger partial charge in [0.2, 0.25) is 0 Å². The van der Waals surface area contributed by atoms with Gasteiger partial charge in [-0.05, 0) is 54.8 Å². The second-order valence-electron chi connectivity index (χ2n) is 4.34. The molecule has 0 amide bonds. The summed E-state index contributed by atoms with van der Waals surface area (Å²) in [6, 6.07) is 10.3. The number of rotatable bonds is 6. The first kappa shape index (κ1) is 15.0. The molecule has 2 rings (SSSR count). The number of hydrogen-bond acceptors (Lipinski definition) is 4. The van der Waals surface area contributed by atoms with Crippen LogP contribution in [-0.2, 0) is 4.79 Å². The van der Waals surface area contributed by atoms with Crippen LogP contribution >= 0.6 is 11.3 Å². The third-order valence-corrected chi connectivity index (χ3v) is 3.58. The van der Waals surface area contributed by atoms with E-state index < -0.39 is 12.1 Å². The number of aliphatic carboxylic acids is 1. The highest BCUT2D eigenvalue weighted by molar-refractivity contribution is 7.10. The summed E-state index contributed by atoms with van der Waals surface area (Å²) in [4.78, 5) is 23.7. The van der Waals surface area contributed by atoms with E-state index in [0.29, 0.717) is 11.3 Å². The van der Waals surface area contributed by atoms with Crippen LogP contribution < -0.4 is 4.74 Å². The van der Waals surface area contributed by atoms with Crippen molar-refractivity contribution >= 4 is 29.2 Å². The summed E-state index contributed by atoms with van der Waals surface area (Å²) >= 11 is 1.56. The summed E-state index contributed by atoms with van der Waals surface area (Å²) in [5.41, 5.74) is 0.526. The van der Waals surface area contributed by atoms with Crippen LogP contribution in [0, 0.1) is 0 Å². The lowest BCUT2D eigenvalue weighted by Crippen LogP contribution is -2.22. The lowest BCUT2D eigenvalue weighted by Gasteiger charge is -2.10. The van der Waals surface area contributed by atoms with Crippen molar-refractivity contribution in [3.63, 3.8) is 0 Å². The number of carbonyl (C=O) groups is 2. The third kappa shape index (κ3) is 4.29. The largest absolute Gasteiger partial charge is 0.479 e. The van der Waals surface area contributed by atoms with Gasteiger partial charge in [0.05, 0.1) is 0 Å². The van der Waals surface area contributed by atoms with E-state index in [1.54, 1.807) is 41.7 Å². The quantitative estimate of drug-likeness (QED) is 0.655. The number of allylic oxidation sites excluding steroid dienone is 1. The maximum atomic E-state index is 12.0. The molecule has 0 aliphatic rings. The maximum Gasteiger partial charge on any atom is 0.344 e. The zero-order valence-electron chi connectivity index (χ0n) is 11.4. The van der Waals surface area contributed by atoms with E-state index in [0.717, 1.165) is 4.88 Å². The van der Waals surface area contributed by atoms with Crippen LogP contribution in [-0.4, -0.2) is 23.0 Å². The van der Waals surface area contributed by atoms with Gasteiger partial charge < -0.3 is 9.84 Å². The number of hydrogen-bond donors (Lipinski definition) is 1. The Morgan fingerprint density at radius 1 is 1.24 bits per heavy atom. The van der Waals surface area contributed by atoms with Crippen molar-refractivity contribution in [2.45, 2.75) is 13.0 Å². The van der Waals surface area contributed by atoms with Crippen LogP contribution in [0.25, 0.3) is 6.08 Å². The third-order valence-electron chi connectivity index (χ3n) is 2.74. The van der Waals surface area contributed by atoms with Crippen LogP contribution in [0.4, 0.5) is 0 Å². The molecule has 0 aliphatic heterocycles. The summed E-state index contributed by atoms with van der Waals surface area (Å²) in [5.74, 6) is -0.723. The van der Waals surface area contributed by atoms with Gasteiger partial charge in [-0.3, -0.25) is 4.79 Å². The molecule has 108 valence electrons. The smallest absolute Gasteiger partial charge is 0.344 e. The van der Waals surface area contributed by atoms with Crippen LogP contribution in [0.15, 0.2) is 47.9 Å². The monoisotopic (exact) mass is 302 g/mol. The molecular formula is C16H14O4S. The number of ketones is 1. The average molecular weight is 302 g/mol. The lowest BCUT2D eigenvalue weighted by molar-refractivity contribution is -0.144. The molecule has 0 spiro atoms. The number of carboxylic acid groups (broad SMARTS) is 1. The van der Waals surface area contributed by atoms with Gasteiger partial charge in [0.25, 0.3) is 0 Å². The summed E-state index contributed by atoms with van der Waals surface area (Å²) in [6.45, 7) is 1.45. The minimum Gasteiger partial charge on any atom is -0.479 e. The predicted molar refractivity (Wildman–Crippen MR) is 81.9 cm³/mol. The topological polar surface area (TPSA) is 63.6 Å². The minimum atomic E-state index is -1.03. The van der Waals surface area contributed by atoms with Gasteiger partial charge in [0, 0.05) is 10.4 Å². The SMILES string of the molecule is CC(Oc1ccc(C(=O)/C=C/c2cccs2)cc1)C(=O)O. The fourth-order valence-corrected chi connectivity index (χ4v) is 2.21. The van der Waals surface area contributed by atoms with E-state index in [1.165, 1.54) is 13.0 Å². The molecule has 2 aromatic rings. The van der Waals surface area contributed by atoms with Crippen molar-refractivity contribution in [1.29, 1.82) is 0 Å². The first-order chi connectivity index (χ1) is 10.1. The highest BCUT2D eigenvalue weighted by Gasteiger charge is 2.12. The number of benzene rings is 1. The van der Waals surface area contributed by atoms with Crippen LogP contribution in [0.1, 0.15) is 22.2 Å². The van der Waals surface area contributed by atoms with E-state index >= 15 is 0 Å². The molecule has 1 aromatic carbocycles. The molecule has 1 atom stereocenters. The zero-order valence-corrected chi connectivity index (χ0v) is 12.2. The van der Waals surface area contributed by atoms with Gasteiger partial charge in [0.1, 0.15) is 5.75 Å². The molecule has 1 aromatic heterocycles. The molecule has 1 heterocycles. The molecule has 21 heavy (non-hydrogen) atoms. The van der Waals surface area contributed by atoms with Crippen LogP contribution in [0.5, 0.6) is 5.75 Å². The van der Waals surface area contributed by atoms with Gasteiger partial charge in [-0.25, -0.2) is 4.79 Å². The fraction of sp³-hybridized carbons (Fsp3) is 0.125. The molecule has 1 N–H and O–H groups in total.